The number of benzene rings is 2. The number of anilines is 2. The van der Waals surface area contributed by atoms with Crippen LogP contribution in [0.5, 0.6) is 0 Å². The fraction of sp³-hybridized carbons (Fsp3) is 0.350. The van der Waals surface area contributed by atoms with Crippen molar-refractivity contribution in [3.8, 4) is 0 Å². The van der Waals surface area contributed by atoms with Crippen LogP contribution in [-0.2, 0) is 0 Å². The molecule has 0 saturated heterocycles. The summed E-state index contributed by atoms with van der Waals surface area (Å²) in [5, 5.41) is 8.83. The van der Waals surface area contributed by atoms with Crippen LogP contribution in [0.4, 0.5) is 11.4 Å². The quantitative estimate of drug-likeness (QED) is 0.638. The van der Waals surface area contributed by atoms with Crippen LogP contribution in [0.3, 0.4) is 0 Å². The Morgan fingerprint density at radius 2 is 1.74 bits per heavy atom. The molecule has 3 heteroatoms. The van der Waals surface area contributed by atoms with Gasteiger partial charge < -0.3 is 9.80 Å². The summed E-state index contributed by atoms with van der Waals surface area (Å²) < 4.78 is 0. The van der Waals surface area contributed by atoms with E-state index in [4.69, 9.17) is 5.41 Å². The molecule has 0 aliphatic heterocycles. The molecule has 0 fully saturated rings. The molecule has 23 heavy (non-hydrogen) atoms. The lowest BCUT2D eigenvalue weighted by Gasteiger charge is -2.36. The van der Waals surface area contributed by atoms with Crippen LogP contribution in [0, 0.1) is 19.3 Å². The topological polar surface area (TPSA) is 30.3 Å². The second-order valence-corrected chi connectivity index (χ2v) is 6.16. The van der Waals surface area contributed by atoms with Gasteiger partial charge in [0.05, 0.1) is 0 Å². The number of guanidine groups is 1. The Balaban J connectivity index is 2.42. The minimum atomic E-state index is 0.211. The van der Waals surface area contributed by atoms with Crippen LogP contribution < -0.4 is 9.80 Å². The third kappa shape index (κ3) is 3.73. The minimum absolute atomic E-state index is 0.211. The third-order valence-corrected chi connectivity index (χ3v) is 4.00. The number of para-hydroxylation sites is 1. The fourth-order valence-electron chi connectivity index (χ4n) is 2.87. The zero-order valence-corrected chi connectivity index (χ0v) is 14.8. The lowest BCUT2D eigenvalue weighted by Crippen LogP contribution is -2.47. The smallest absolute Gasteiger partial charge is 0.203 e. The maximum atomic E-state index is 8.83. The van der Waals surface area contributed by atoms with Crippen molar-refractivity contribution in [2.24, 2.45) is 0 Å². The van der Waals surface area contributed by atoms with Gasteiger partial charge in [0, 0.05) is 24.0 Å². The highest BCUT2D eigenvalue weighted by Gasteiger charge is 2.22. The Bertz CT molecular complexity index is 676. The van der Waals surface area contributed by atoms with Gasteiger partial charge in [-0.2, -0.15) is 0 Å². The summed E-state index contributed by atoms with van der Waals surface area (Å²) in [5.41, 5.74) is 4.56. The van der Waals surface area contributed by atoms with Gasteiger partial charge in [0.2, 0.25) is 5.96 Å². The second-order valence-electron chi connectivity index (χ2n) is 6.16. The van der Waals surface area contributed by atoms with Crippen molar-refractivity contribution in [1.82, 2.24) is 0 Å². The molecule has 0 spiro atoms. The Morgan fingerprint density at radius 1 is 1.04 bits per heavy atom. The average Bonchev–Trinajstić information content (AvgIpc) is 2.50. The van der Waals surface area contributed by atoms with Gasteiger partial charge in [-0.25, -0.2) is 0 Å². The van der Waals surface area contributed by atoms with Gasteiger partial charge in [-0.15, -0.1) is 0 Å². The van der Waals surface area contributed by atoms with Gasteiger partial charge in [-0.05, 0) is 63.9 Å². The van der Waals surface area contributed by atoms with E-state index in [0.29, 0.717) is 5.96 Å². The van der Waals surface area contributed by atoms with Crippen LogP contribution in [0.1, 0.15) is 31.9 Å². The summed E-state index contributed by atoms with van der Waals surface area (Å²) in [7, 11) is 0. The zero-order chi connectivity index (χ0) is 17.0. The molecule has 1 N–H and O–H groups in total. The summed E-state index contributed by atoms with van der Waals surface area (Å²) in [6.45, 7) is 11.3. The van der Waals surface area contributed by atoms with Crippen LogP contribution in [-0.4, -0.2) is 18.5 Å². The van der Waals surface area contributed by atoms with Gasteiger partial charge in [-0.3, -0.25) is 5.41 Å². The third-order valence-electron chi connectivity index (χ3n) is 4.00. The molecule has 0 atom stereocenters. The number of hydrogen-bond donors (Lipinski definition) is 1. The van der Waals surface area contributed by atoms with Gasteiger partial charge in [0.1, 0.15) is 0 Å². The van der Waals surface area contributed by atoms with E-state index < -0.39 is 0 Å². The number of nitrogens with one attached hydrogen (secondary N) is 1. The molecule has 2 aromatic carbocycles. The first-order chi connectivity index (χ1) is 11.0. The normalized spacial score (nSPS) is 10.7. The number of aryl methyl sites for hydroxylation is 2. The molecule has 0 bridgehead atoms. The van der Waals surface area contributed by atoms with Crippen LogP contribution in [0.25, 0.3) is 0 Å². The lowest BCUT2D eigenvalue weighted by atomic mass is 10.1. The SMILES string of the molecule is CCN(C(=N)N(c1cccc(C)c1)C(C)C)c1ccccc1C. The summed E-state index contributed by atoms with van der Waals surface area (Å²) in [4.78, 5) is 4.15. The van der Waals surface area contributed by atoms with Crippen molar-refractivity contribution in [3.63, 3.8) is 0 Å². The highest BCUT2D eigenvalue weighted by molar-refractivity contribution is 6.05. The van der Waals surface area contributed by atoms with Crippen LogP contribution >= 0.6 is 0 Å². The van der Waals surface area contributed by atoms with Gasteiger partial charge in [0.15, 0.2) is 0 Å². The van der Waals surface area contributed by atoms with E-state index in [0.717, 1.165) is 17.9 Å². The van der Waals surface area contributed by atoms with E-state index in [2.05, 4.69) is 80.8 Å². The first kappa shape index (κ1) is 17.1. The Hall–Kier alpha value is -2.29. The standard InChI is InChI=1S/C20H27N3/c1-6-22(19-13-8-7-11-17(19)5)20(21)23(15(2)3)18-12-9-10-16(4)14-18/h7-15,21H,6H2,1-5H3. The molecule has 2 aromatic rings. The van der Waals surface area contributed by atoms with Gasteiger partial charge in [-0.1, -0.05) is 30.3 Å². The monoisotopic (exact) mass is 309 g/mol. The number of rotatable bonds is 4. The van der Waals surface area contributed by atoms with Crippen molar-refractivity contribution in [2.45, 2.75) is 40.7 Å². The van der Waals surface area contributed by atoms with Gasteiger partial charge >= 0.3 is 0 Å². The van der Waals surface area contributed by atoms with Crippen molar-refractivity contribution >= 4 is 17.3 Å². The highest BCUT2D eigenvalue weighted by atomic mass is 15.4. The van der Waals surface area contributed by atoms with Gasteiger partial charge in [0.25, 0.3) is 0 Å². The molecule has 0 aliphatic carbocycles. The Kier molecular flexibility index (Phi) is 5.43. The largest absolute Gasteiger partial charge is 0.312 e. The number of nitrogens with zero attached hydrogens (tertiary/aromatic N) is 2. The molecular weight excluding hydrogens is 282 g/mol. The Labute approximate surface area is 140 Å². The van der Waals surface area contributed by atoms with E-state index in [-0.39, 0.29) is 6.04 Å². The molecule has 0 unspecified atom stereocenters. The maximum absolute atomic E-state index is 8.83. The van der Waals surface area contributed by atoms with Crippen molar-refractivity contribution in [3.05, 3.63) is 59.7 Å². The summed E-state index contributed by atoms with van der Waals surface area (Å²) >= 11 is 0. The summed E-state index contributed by atoms with van der Waals surface area (Å²) in [5.74, 6) is 0.516. The van der Waals surface area contributed by atoms with E-state index >= 15 is 0 Å². The maximum Gasteiger partial charge on any atom is 0.203 e. The first-order valence-electron chi connectivity index (χ1n) is 8.23. The molecule has 0 aliphatic rings. The molecule has 0 saturated carbocycles. The fourth-order valence-corrected chi connectivity index (χ4v) is 2.87. The molecule has 2 rings (SSSR count). The average molecular weight is 309 g/mol. The number of hydrogen-bond acceptors (Lipinski definition) is 1. The highest BCUT2D eigenvalue weighted by Crippen LogP contribution is 2.25. The van der Waals surface area contributed by atoms with E-state index in [1.165, 1.54) is 11.1 Å². The van der Waals surface area contributed by atoms with Crippen LogP contribution in [0.15, 0.2) is 48.5 Å². The summed E-state index contributed by atoms with van der Waals surface area (Å²) in [6.07, 6.45) is 0. The predicted molar refractivity (Wildman–Crippen MR) is 101 cm³/mol. The zero-order valence-electron chi connectivity index (χ0n) is 14.8. The van der Waals surface area contributed by atoms with E-state index in [1.54, 1.807) is 0 Å². The minimum Gasteiger partial charge on any atom is -0.312 e. The molecule has 3 nitrogen and oxygen atoms in total. The van der Waals surface area contributed by atoms with E-state index in [9.17, 15) is 0 Å². The molecular formula is C20H27N3. The van der Waals surface area contributed by atoms with E-state index in [1.807, 2.05) is 12.1 Å². The van der Waals surface area contributed by atoms with Crippen molar-refractivity contribution in [2.75, 3.05) is 16.3 Å². The predicted octanol–water partition coefficient (Wildman–Crippen LogP) is 4.98. The lowest BCUT2D eigenvalue weighted by molar-refractivity contribution is 0.787. The first-order valence-corrected chi connectivity index (χ1v) is 8.23. The molecule has 0 amide bonds. The van der Waals surface area contributed by atoms with Crippen molar-refractivity contribution in [1.29, 1.82) is 5.41 Å². The molecule has 122 valence electrons. The second kappa shape index (κ2) is 7.32. The molecule has 0 aromatic heterocycles. The Morgan fingerprint density at radius 3 is 2.30 bits per heavy atom. The van der Waals surface area contributed by atoms with Crippen molar-refractivity contribution < 1.29 is 0 Å². The summed E-state index contributed by atoms with van der Waals surface area (Å²) in [6, 6.07) is 16.8. The van der Waals surface area contributed by atoms with Crippen LogP contribution in [0.2, 0.25) is 0 Å². The molecule has 0 radical (unpaired) electrons. The molecule has 0 heterocycles.